The predicted molar refractivity (Wildman–Crippen MR) is 140 cm³/mol. The molecule has 0 unspecified atom stereocenters. The van der Waals surface area contributed by atoms with Gasteiger partial charge in [0, 0.05) is 39.1 Å². The molecule has 2 N–H and O–H groups in total. The topological polar surface area (TPSA) is 75.2 Å². The van der Waals surface area contributed by atoms with E-state index in [9.17, 15) is 4.79 Å². The summed E-state index contributed by atoms with van der Waals surface area (Å²) >= 11 is 0. The molecule has 0 radical (unpaired) electrons. The molecule has 0 bridgehead atoms. The van der Waals surface area contributed by atoms with Gasteiger partial charge in [0.1, 0.15) is 0 Å². The van der Waals surface area contributed by atoms with Crippen molar-refractivity contribution in [3.63, 3.8) is 0 Å². The number of nitrogens with one attached hydrogen (secondary N) is 2. The van der Waals surface area contributed by atoms with E-state index in [-0.39, 0.29) is 29.9 Å². The first-order valence-corrected chi connectivity index (χ1v) is 11.5. The highest BCUT2D eigenvalue weighted by atomic mass is 127. The number of amides is 1. The summed E-state index contributed by atoms with van der Waals surface area (Å²) in [6.45, 7) is 6.05. The van der Waals surface area contributed by atoms with Gasteiger partial charge in [-0.1, -0.05) is 30.3 Å². The maximum absolute atomic E-state index is 12.6. The number of fused-ring (bicyclic) bond motifs is 2. The molecular formula is C25H33IN4O3. The van der Waals surface area contributed by atoms with Crippen molar-refractivity contribution in [2.45, 2.75) is 39.2 Å². The number of nitrogens with zero attached hydrogens (tertiary/aromatic N) is 2. The number of hydrogen-bond acceptors (Lipinski definition) is 4. The standard InChI is InChI=1S/C25H32N4O3.HI/c1-2-26-25(28-14-11-19-9-10-22-23(16-19)32-18-31-22)27-13-5-8-24(30)29-15-12-20-6-3-4-7-21(20)17-29;/h3-4,6-7,9-10,16H,2,5,8,11-15,17-18H2,1H3,(H2,26,27,28);1H. The normalized spacial score (nSPS) is 14.3. The molecule has 8 heteroatoms. The molecule has 1 amide bonds. The Bertz CT molecular complexity index is 966. The second-order valence-electron chi connectivity index (χ2n) is 8.06. The number of carbonyl (C=O) groups excluding carboxylic acids is 1. The Morgan fingerprint density at radius 1 is 1.09 bits per heavy atom. The van der Waals surface area contributed by atoms with Crippen LogP contribution in [-0.2, 0) is 24.2 Å². The second-order valence-corrected chi connectivity index (χ2v) is 8.06. The van der Waals surface area contributed by atoms with Crippen LogP contribution in [0.25, 0.3) is 0 Å². The number of rotatable bonds is 8. The average molecular weight is 564 g/mol. The number of carbonyl (C=O) groups is 1. The summed E-state index contributed by atoms with van der Waals surface area (Å²) in [7, 11) is 0. The van der Waals surface area contributed by atoms with Crippen LogP contribution in [0.2, 0.25) is 0 Å². The van der Waals surface area contributed by atoms with E-state index in [1.807, 2.05) is 30.0 Å². The van der Waals surface area contributed by atoms with Gasteiger partial charge in [0.05, 0.1) is 0 Å². The number of halogens is 1. The highest BCUT2D eigenvalue weighted by Crippen LogP contribution is 2.32. The molecule has 2 aliphatic rings. The van der Waals surface area contributed by atoms with Crippen molar-refractivity contribution in [2.75, 3.05) is 33.0 Å². The van der Waals surface area contributed by atoms with Gasteiger partial charge in [0.15, 0.2) is 17.5 Å². The monoisotopic (exact) mass is 564 g/mol. The van der Waals surface area contributed by atoms with Gasteiger partial charge >= 0.3 is 0 Å². The molecule has 0 saturated heterocycles. The summed E-state index contributed by atoms with van der Waals surface area (Å²) < 4.78 is 10.8. The fourth-order valence-electron chi connectivity index (χ4n) is 4.05. The summed E-state index contributed by atoms with van der Waals surface area (Å²) in [5.74, 6) is 2.62. The van der Waals surface area contributed by atoms with Gasteiger partial charge in [-0.2, -0.15) is 0 Å². The SMILES string of the molecule is CCNC(=NCCCC(=O)N1CCc2ccccc2C1)NCCc1ccc2c(c1)OCO2.I. The van der Waals surface area contributed by atoms with Crippen molar-refractivity contribution in [1.82, 2.24) is 15.5 Å². The number of ether oxygens (including phenoxy) is 2. The average Bonchev–Trinajstić information content (AvgIpc) is 3.29. The highest BCUT2D eigenvalue weighted by Gasteiger charge is 2.19. The zero-order valence-corrected chi connectivity index (χ0v) is 21.5. The van der Waals surface area contributed by atoms with E-state index in [1.54, 1.807) is 0 Å². The number of guanidine groups is 1. The van der Waals surface area contributed by atoms with Gasteiger partial charge in [-0.3, -0.25) is 9.79 Å². The zero-order chi connectivity index (χ0) is 22.2. The number of aliphatic imine (C=N–C) groups is 1. The molecule has 2 aromatic rings. The Balaban J connectivity index is 0.00000306. The second kappa shape index (κ2) is 12.7. The van der Waals surface area contributed by atoms with Crippen LogP contribution in [0.5, 0.6) is 11.5 Å². The first kappa shape index (κ1) is 25.1. The minimum absolute atomic E-state index is 0. The fourth-order valence-corrected chi connectivity index (χ4v) is 4.05. The molecule has 0 saturated carbocycles. The van der Waals surface area contributed by atoms with Crippen molar-refractivity contribution in [3.8, 4) is 11.5 Å². The van der Waals surface area contributed by atoms with Crippen LogP contribution >= 0.6 is 24.0 Å². The molecular weight excluding hydrogens is 531 g/mol. The molecule has 4 rings (SSSR count). The van der Waals surface area contributed by atoms with Crippen LogP contribution < -0.4 is 20.1 Å². The number of hydrogen-bond donors (Lipinski definition) is 2. The first-order chi connectivity index (χ1) is 15.7. The molecule has 7 nitrogen and oxygen atoms in total. The summed E-state index contributed by atoms with van der Waals surface area (Å²) in [6.07, 6.45) is 3.08. The van der Waals surface area contributed by atoms with Crippen LogP contribution in [0.1, 0.15) is 36.5 Å². The van der Waals surface area contributed by atoms with Gasteiger partial charge in [-0.05, 0) is 55.0 Å². The Hall–Kier alpha value is -2.49. The van der Waals surface area contributed by atoms with Crippen molar-refractivity contribution in [3.05, 3.63) is 59.2 Å². The van der Waals surface area contributed by atoms with Crippen LogP contribution in [-0.4, -0.2) is 49.7 Å². The lowest BCUT2D eigenvalue weighted by molar-refractivity contribution is -0.132. The van der Waals surface area contributed by atoms with Crippen LogP contribution in [0, 0.1) is 0 Å². The lowest BCUT2D eigenvalue weighted by Gasteiger charge is -2.28. The van der Waals surface area contributed by atoms with Crippen molar-refractivity contribution in [1.29, 1.82) is 0 Å². The Labute approximate surface area is 213 Å². The maximum atomic E-state index is 12.6. The Kier molecular flexibility index (Phi) is 9.65. The summed E-state index contributed by atoms with van der Waals surface area (Å²) in [5.41, 5.74) is 3.82. The van der Waals surface area contributed by atoms with Crippen LogP contribution in [0.4, 0.5) is 0 Å². The van der Waals surface area contributed by atoms with Gasteiger partial charge < -0.3 is 25.0 Å². The highest BCUT2D eigenvalue weighted by molar-refractivity contribution is 14.0. The van der Waals surface area contributed by atoms with Crippen LogP contribution in [0.15, 0.2) is 47.5 Å². The third-order valence-corrected chi connectivity index (χ3v) is 5.79. The minimum atomic E-state index is 0. The van der Waals surface area contributed by atoms with Crippen LogP contribution in [0.3, 0.4) is 0 Å². The molecule has 0 fully saturated rings. The van der Waals surface area contributed by atoms with E-state index in [0.29, 0.717) is 19.8 Å². The van der Waals surface area contributed by atoms with E-state index in [4.69, 9.17) is 9.47 Å². The smallest absolute Gasteiger partial charge is 0.231 e. The molecule has 0 aromatic heterocycles. The fraction of sp³-hybridized carbons (Fsp3) is 0.440. The Morgan fingerprint density at radius 3 is 2.76 bits per heavy atom. The molecule has 0 aliphatic carbocycles. The minimum Gasteiger partial charge on any atom is -0.454 e. The summed E-state index contributed by atoms with van der Waals surface area (Å²) in [4.78, 5) is 19.2. The van der Waals surface area contributed by atoms with Crippen molar-refractivity contribution in [2.24, 2.45) is 4.99 Å². The molecule has 178 valence electrons. The predicted octanol–water partition coefficient (Wildman–Crippen LogP) is 3.50. The summed E-state index contributed by atoms with van der Waals surface area (Å²) in [6, 6.07) is 14.4. The van der Waals surface area contributed by atoms with Crippen molar-refractivity contribution >= 4 is 35.8 Å². The zero-order valence-electron chi connectivity index (χ0n) is 19.1. The molecule has 2 aromatic carbocycles. The van der Waals surface area contributed by atoms with E-state index < -0.39 is 0 Å². The molecule has 2 heterocycles. The van der Waals surface area contributed by atoms with E-state index in [1.165, 1.54) is 16.7 Å². The molecule has 0 atom stereocenters. The van der Waals surface area contributed by atoms with E-state index in [2.05, 4.69) is 39.9 Å². The Morgan fingerprint density at radius 2 is 1.91 bits per heavy atom. The van der Waals surface area contributed by atoms with E-state index >= 15 is 0 Å². The third-order valence-electron chi connectivity index (χ3n) is 5.79. The molecule has 0 spiro atoms. The molecule has 2 aliphatic heterocycles. The maximum Gasteiger partial charge on any atom is 0.231 e. The van der Waals surface area contributed by atoms with Gasteiger partial charge in [0.25, 0.3) is 0 Å². The van der Waals surface area contributed by atoms with Crippen molar-refractivity contribution < 1.29 is 14.3 Å². The van der Waals surface area contributed by atoms with Gasteiger partial charge in [0.2, 0.25) is 12.7 Å². The summed E-state index contributed by atoms with van der Waals surface area (Å²) in [5, 5.41) is 6.64. The first-order valence-electron chi connectivity index (χ1n) is 11.5. The largest absolute Gasteiger partial charge is 0.454 e. The quantitative estimate of drug-likeness (QED) is 0.222. The van der Waals surface area contributed by atoms with E-state index in [0.717, 1.165) is 62.9 Å². The van der Waals surface area contributed by atoms with Gasteiger partial charge in [-0.15, -0.1) is 24.0 Å². The third kappa shape index (κ3) is 6.99. The van der Waals surface area contributed by atoms with Gasteiger partial charge in [-0.25, -0.2) is 0 Å². The lowest BCUT2D eigenvalue weighted by Crippen LogP contribution is -2.38. The lowest BCUT2D eigenvalue weighted by atomic mass is 9.99. The number of benzene rings is 2. The molecule has 33 heavy (non-hydrogen) atoms.